The number of aryl methyl sites for hydroxylation is 1. The van der Waals surface area contributed by atoms with Gasteiger partial charge in [0.05, 0.1) is 21.8 Å². The van der Waals surface area contributed by atoms with Crippen LogP contribution in [0.2, 0.25) is 10.0 Å². The van der Waals surface area contributed by atoms with Gasteiger partial charge in [0.2, 0.25) is 0 Å². The van der Waals surface area contributed by atoms with E-state index in [0.717, 1.165) is 15.8 Å². The lowest BCUT2D eigenvalue weighted by Crippen LogP contribution is -2.17. The lowest BCUT2D eigenvalue weighted by atomic mass is 10.1. The third-order valence-corrected chi connectivity index (χ3v) is 5.05. The van der Waals surface area contributed by atoms with Crippen molar-refractivity contribution >= 4 is 50.7 Å². The summed E-state index contributed by atoms with van der Waals surface area (Å²) in [5.41, 5.74) is 2.17. The molecule has 3 rings (SSSR count). The average Bonchev–Trinajstić information content (AvgIpc) is 2.85. The molecular formula is C18H12Cl2N2OS. The first-order valence-electron chi connectivity index (χ1n) is 7.08. The minimum atomic E-state index is -0.312. The first kappa shape index (κ1) is 16.8. The molecule has 6 heteroatoms. The van der Waals surface area contributed by atoms with Crippen molar-refractivity contribution in [2.45, 2.75) is 13.5 Å². The van der Waals surface area contributed by atoms with E-state index < -0.39 is 0 Å². The van der Waals surface area contributed by atoms with Gasteiger partial charge in [-0.15, -0.1) is 6.42 Å². The molecule has 0 spiro atoms. The van der Waals surface area contributed by atoms with Crippen LogP contribution >= 0.6 is 34.5 Å². The van der Waals surface area contributed by atoms with Crippen LogP contribution in [-0.4, -0.2) is 10.5 Å². The molecule has 0 aliphatic carbocycles. The number of amides is 1. The molecule has 0 aliphatic rings. The molecule has 1 heterocycles. The van der Waals surface area contributed by atoms with Crippen molar-refractivity contribution in [2.24, 2.45) is 4.99 Å². The first-order chi connectivity index (χ1) is 11.5. The number of nitrogens with zero attached hydrogens (tertiary/aromatic N) is 2. The van der Waals surface area contributed by atoms with Crippen molar-refractivity contribution in [2.75, 3.05) is 0 Å². The van der Waals surface area contributed by atoms with Crippen molar-refractivity contribution in [3.63, 3.8) is 0 Å². The molecule has 0 atom stereocenters. The molecule has 120 valence electrons. The molecule has 3 aromatic rings. The van der Waals surface area contributed by atoms with Crippen LogP contribution < -0.4 is 4.80 Å². The number of hydrogen-bond acceptors (Lipinski definition) is 2. The summed E-state index contributed by atoms with van der Waals surface area (Å²) < 4.78 is 2.59. The van der Waals surface area contributed by atoms with Crippen LogP contribution in [0, 0.1) is 19.3 Å². The fraction of sp³-hybridized carbons (Fsp3) is 0.111. The van der Waals surface area contributed by atoms with Gasteiger partial charge < -0.3 is 4.57 Å². The molecule has 1 aromatic heterocycles. The molecule has 0 aliphatic heterocycles. The number of benzene rings is 2. The first-order valence-corrected chi connectivity index (χ1v) is 8.65. The van der Waals surface area contributed by atoms with E-state index in [-0.39, 0.29) is 12.5 Å². The summed E-state index contributed by atoms with van der Waals surface area (Å²) in [6, 6.07) is 10.8. The largest absolute Gasteiger partial charge is 0.303 e. The third-order valence-electron chi connectivity index (χ3n) is 3.52. The molecule has 0 saturated heterocycles. The fourth-order valence-electron chi connectivity index (χ4n) is 2.41. The van der Waals surface area contributed by atoms with Gasteiger partial charge in [0.25, 0.3) is 5.91 Å². The maximum Gasteiger partial charge on any atom is 0.279 e. The van der Waals surface area contributed by atoms with E-state index >= 15 is 0 Å². The predicted octanol–water partition coefficient (Wildman–Crippen LogP) is 4.69. The van der Waals surface area contributed by atoms with Crippen molar-refractivity contribution in [3.05, 3.63) is 62.4 Å². The minimum Gasteiger partial charge on any atom is -0.303 e. The lowest BCUT2D eigenvalue weighted by molar-refractivity contribution is 0.0997. The number of aromatic nitrogens is 1. The highest BCUT2D eigenvalue weighted by atomic mass is 35.5. The zero-order chi connectivity index (χ0) is 17.3. The van der Waals surface area contributed by atoms with Gasteiger partial charge in [-0.05, 0) is 30.7 Å². The molecule has 2 aromatic carbocycles. The van der Waals surface area contributed by atoms with E-state index in [1.54, 1.807) is 22.8 Å². The van der Waals surface area contributed by atoms with Crippen molar-refractivity contribution in [1.29, 1.82) is 0 Å². The molecule has 0 fully saturated rings. The average molecular weight is 375 g/mol. The van der Waals surface area contributed by atoms with Gasteiger partial charge in [0, 0.05) is 10.6 Å². The van der Waals surface area contributed by atoms with Crippen LogP contribution in [0.3, 0.4) is 0 Å². The van der Waals surface area contributed by atoms with E-state index in [1.165, 1.54) is 11.3 Å². The van der Waals surface area contributed by atoms with Crippen LogP contribution in [0.5, 0.6) is 0 Å². The van der Waals surface area contributed by atoms with Crippen LogP contribution in [0.1, 0.15) is 15.9 Å². The molecule has 1 amide bonds. The summed E-state index contributed by atoms with van der Waals surface area (Å²) in [7, 11) is 0. The van der Waals surface area contributed by atoms with Crippen molar-refractivity contribution < 1.29 is 4.79 Å². The Morgan fingerprint density at radius 3 is 2.79 bits per heavy atom. The predicted molar refractivity (Wildman–Crippen MR) is 99.7 cm³/mol. The van der Waals surface area contributed by atoms with Gasteiger partial charge in [0.1, 0.15) is 0 Å². The number of fused-ring (bicyclic) bond motifs is 1. The molecule has 24 heavy (non-hydrogen) atoms. The van der Waals surface area contributed by atoms with E-state index in [2.05, 4.69) is 10.9 Å². The second kappa shape index (κ2) is 6.82. The molecule has 0 N–H and O–H groups in total. The lowest BCUT2D eigenvalue weighted by Gasteiger charge is -2.03. The quantitative estimate of drug-likeness (QED) is 0.599. The smallest absolute Gasteiger partial charge is 0.279 e. The van der Waals surface area contributed by atoms with E-state index in [1.807, 2.05) is 25.1 Å². The second-order valence-electron chi connectivity index (χ2n) is 5.14. The van der Waals surface area contributed by atoms with Gasteiger partial charge in [-0.3, -0.25) is 4.79 Å². The van der Waals surface area contributed by atoms with E-state index in [9.17, 15) is 4.79 Å². The zero-order valence-electron chi connectivity index (χ0n) is 12.7. The number of carbonyl (C=O) groups is 1. The summed E-state index contributed by atoms with van der Waals surface area (Å²) in [5.74, 6) is 2.26. The number of terminal acetylenes is 1. The van der Waals surface area contributed by atoms with Crippen LogP contribution in [0.25, 0.3) is 10.2 Å². The molecule has 0 saturated carbocycles. The van der Waals surface area contributed by atoms with Crippen LogP contribution in [-0.2, 0) is 6.54 Å². The van der Waals surface area contributed by atoms with E-state index in [0.29, 0.717) is 20.4 Å². The highest BCUT2D eigenvalue weighted by Crippen LogP contribution is 2.29. The summed E-state index contributed by atoms with van der Waals surface area (Å²) in [6.45, 7) is 2.14. The minimum absolute atomic E-state index is 0.265. The third kappa shape index (κ3) is 3.11. The molecule has 0 unspecified atom stereocenters. The fourth-order valence-corrected chi connectivity index (χ4v) is 4.22. The van der Waals surface area contributed by atoms with Gasteiger partial charge in [-0.2, -0.15) is 4.99 Å². The Kier molecular flexibility index (Phi) is 4.77. The van der Waals surface area contributed by atoms with Crippen LogP contribution in [0.4, 0.5) is 0 Å². The Bertz CT molecular complexity index is 1060. The number of hydrogen-bond donors (Lipinski definition) is 0. The molecule has 0 bridgehead atoms. The Hall–Kier alpha value is -2.06. The number of halogens is 2. The second-order valence-corrected chi connectivity index (χ2v) is 6.99. The summed E-state index contributed by atoms with van der Waals surface area (Å²) in [5, 5.41) is 1.01. The number of carbonyl (C=O) groups excluding carboxylic acids is 1. The molecular weight excluding hydrogens is 363 g/mol. The summed E-state index contributed by atoms with van der Waals surface area (Å²) in [6.07, 6.45) is 5.46. The van der Waals surface area contributed by atoms with Gasteiger partial charge in [-0.1, -0.05) is 58.7 Å². The van der Waals surface area contributed by atoms with Crippen molar-refractivity contribution in [3.8, 4) is 12.3 Å². The topological polar surface area (TPSA) is 34.4 Å². The van der Waals surface area contributed by atoms with Gasteiger partial charge in [-0.25, -0.2) is 0 Å². The normalized spacial score (nSPS) is 11.7. The van der Waals surface area contributed by atoms with E-state index in [4.69, 9.17) is 29.6 Å². The maximum absolute atomic E-state index is 12.5. The van der Waals surface area contributed by atoms with Gasteiger partial charge in [0.15, 0.2) is 4.80 Å². The maximum atomic E-state index is 12.5. The van der Waals surface area contributed by atoms with Gasteiger partial charge >= 0.3 is 0 Å². The molecule has 0 radical (unpaired) electrons. The van der Waals surface area contributed by atoms with Crippen LogP contribution in [0.15, 0.2) is 41.4 Å². The zero-order valence-corrected chi connectivity index (χ0v) is 15.0. The highest BCUT2D eigenvalue weighted by molar-refractivity contribution is 7.16. The molecule has 3 nitrogen and oxygen atoms in total. The van der Waals surface area contributed by atoms with Crippen molar-refractivity contribution in [1.82, 2.24) is 4.57 Å². The Labute approximate surface area is 153 Å². The highest BCUT2D eigenvalue weighted by Gasteiger charge is 2.13. The monoisotopic (exact) mass is 374 g/mol. The standard InChI is InChI=1S/C18H12Cl2N2OS/c1-3-8-22-16-14(20)9-12(19)10-15(16)24-18(22)21-17(23)13-7-5-4-6-11(13)2/h1,4-7,9-10H,8H2,2H3. The Balaban J connectivity index is 2.24. The summed E-state index contributed by atoms with van der Waals surface area (Å²) >= 11 is 13.7. The SMILES string of the molecule is C#CCn1c(=NC(=O)c2ccccc2C)sc2cc(Cl)cc(Cl)c21. The number of thiazole rings is 1. The summed E-state index contributed by atoms with van der Waals surface area (Å²) in [4.78, 5) is 17.3. The number of rotatable bonds is 2. The Morgan fingerprint density at radius 2 is 2.08 bits per heavy atom. The Morgan fingerprint density at radius 1 is 1.33 bits per heavy atom.